The molecule has 1 aliphatic carbocycles. The summed E-state index contributed by atoms with van der Waals surface area (Å²) in [5, 5.41) is 0. The normalized spacial score (nSPS) is 25.7. The first-order chi connectivity index (χ1) is 11.0. The van der Waals surface area contributed by atoms with Gasteiger partial charge in [0.2, 0.25) is 11.8 Å². The van der Waals surface area contributed by atoms with E-state index in [4.69, 9.17) is 5.73 Å². The molecule has 0 unspecified atom stereocenters. The summed E-state index contributed by atoms with van der Waals surface area (Å²) in [6.07, 6.45) is 5.14. The minimum absolute atomic E-state index is 0.0456. The van der Waals surface area contributed by atoms with Gasteiger partial charge in [0.05, 0.1) is 6.54 Å². The second-order valence-corrected chi connectivity index (χ2v) is 6.50. The molecule has 2 saturated heterocycles. The zero-order valence-corrected chi connectivity index (χ0v) is 13.1. The third-order valence-electron chi connectivity index (χ3n) is 4.99. The van der Waals surface area contributed by atoms with Crippen LogP contribution in [0.5, 0.6) is 0 Å². The van der Waals surface area contributed by atoms with E-state index in [1.165, 1.54) is 11.3 Å². The average molecular weight is 322 g/mol. The summed E-state index contributed by atoms with van der Waals surface area (Å²) >= 11 is 0. The number of imide groups is 1. The van der Waals surface area contributed by atoms with Gasteiger partial charge in [-0.2, -0.15) is 0 Å². The van der Waals surface area contributed by atoms with Gasteiger partial charge in [-0.25, -0.2) is 4.79 Å². The smallest absolute Gasteiger partial charge is 0.328 e. The first-order valence-electron chi connectivity index (χ1n) is 8.18. The van der Waals surface area contributed by atoms with Gasteiger partial charge in [-0.3, -0.25) is 19.3 Å². The van der Waals surface area contributed by atoms with Gasteiger partial charge < -0.3 is 15.5 Å². The number of hydrogen-bond acceptors (Lipinski definition) is 4. The molecule has 2 aliphatic heterocycles. The number of fused-ring (bicyclic) bond motifs is 1. The Morgan fingerprint density at radius 2 is 1.78 bits per heavy atom. The van der Waals surface area contributed by atoms with Crippen LogP contribution < -0.4 is 5.73 Å². The fourth-order valence-corrected chi connectivity index (χ4v) is 3.76. The number of carbonyl (C=O) groups excluding carboxylic acids is 4. The fraction of sp³-hybridized carbons (Fsp3) is 0.733. The number of rotatable bonds is 3. The lowest BCUT2D eigenvalue weighted by molar-refractivity contribution is -0.141. The van der Waals surface area contributed by atoms with Crippen molar-refractivity contribution in [1.29, 1.82) is 0 Å². The number of amides is 5. The van der Waals surface area contributed by atoms with E-state index in [9.17, 15) is 19.2 Å². The molecule has 1 saturated carbocycles. The minimum atomic E-state index is -0.721. The van der Waals surface area contributed by atoms with Gasteiger partial charge in [-0.05, 0) is 12.8 Å². The Hall–Kier alpha value is -2.12. The Morgan fingerprint density at radius 3 is 2.43 bits per heavy atom. The molecule has 3 fully saturated rings. The maximum Gasteiger partial charge on any atom is 0.328 e. The molecule has 23 heavy (non-hydrogen) atoms. The zero-order chi connectivity index (χ0) is 16.6. The highest BCUT2D eigenvalue weighted by molar-refractivity contribution is 6.06. The van der Waals surface area contributed by atoms with Crippen molar-refractivity contribution in [2.75, 3.05) is 26.2 Å². The van der Waals surface area contributed by atoms with Crippen LogP contribution in [0.25, 0.3) is 0 Å². The summed E-state index contributed by atoms with van der Waals surface area (Å²) in [4.78, 5) is 52.2. The summed E-state index contributed by atoms with van der Waals surface area (Å²) < 4.78 is 0. The lowest BCUT2D eigenvalue weighted by atomic mass is 9.88. The summed E-state index contributed by atoms with van der Waals surface area (Å²) in [6.45, 7) is 0.578. The SMILES string of the molecule is NC(=O)CN1C(=O)[C@@H]2CN(C(=O)C3CCCCC3)CCN2C1=O. The van der Waals surface area contributed by atoms with Crippen LogP contribution in [0.2, 0.25) is 0 Å². The van der Waals surface area contributed by atoms with Crippen molar-refractivity contribution in [2.45, 2.75) is 38.1 Å². The highest BCUT2D eigenvalue weighted by atomic mass is 16.2. The first-order valence-corrected chi connectivity index (χ1v) is 8.18. The molecule has 8 heteroatoms. The standard InChI is InChI=1S/C15H22N4O4/c16-12(20)9-19-14(22)11-8-17(6-7-18(11)15(19)23)13(21)10-4-2-1-3-5-10/h10-11H,1-9H2,(H2,16,20)/t11-/m0/s1. The van der Waals surface area contributed by atoms with Crippen LogP contribution >= 0.6 is 0 Å². The van der Waals surface area contributed by atoms with Crippen molar-refractivity contribution >= 4 is 23.8 Å². The molecule has 0 aromatic heterocycles. The van der Waals surface area contributed by atoms with E-state index in [0.717, 1.165) is 30.6 Å². The lowest BCUT2D eigenvalue weighted by Gasteiger charge is -2.37. The molecule has 1 atom stereocenters. The number of piperazine rings is 1. The van der Waals surface area contributed by atoms with Crippen molar-refractivity contribution in [3.8, 4) is 0 Å². The Bertz CT molecular complexity index is 544. The molecule has 0 spiro atoms. The molecule has 5 amide bonds. The largest absolute Gasteiger partial charge is 0.368 e. The van der Waals surface area contributed by atoms with E-state index in [1.54, 1.807) is 4.90 Å². The predicted octanol–water partition coefficient (Wildman–Crippen LogP) is -0.473. The number of nitrogens with two attached hydrogens (primary N) is 1. The van der Waals surface area contributed by atoms with Crippen LogP contribution in [0, 0.1) is 5.92 Å². The Morgan fingerprint density at radius 1 is 1.09 bits per heavy atom. The van der Waals surface area contributed by atoms with Crippen LogP contribution in [0.1, 0.15) is 32.1 Å². The summed E-state index contributed by atoms with van der Waals surface area (Å²) in [5.74, 6) is -1.01. The molecule has 0 aromatic carbocycles. The highest BCUT2D eigenvalue weighted by Crippen LogP contribution is 2.28. The van der Waals surface area contributed by atoms with Crippen molar-refractivity contribution in [3.05, 3.63) is 0 Å². The third-order valence-corrected chi connectivity index (χ3v) is 4.99. The topological polar surface area (TPSA) is 104 Å². The molecule has 0 bridgehead atoms. The van der Waals surface area contributed by atoms with Crippen LogP contribution in [0.15, 0.2) is 0 Å². The van der Waals surface area contributed by atoms with Crippen molar-refractivity contribution in [1.82, 2.24) is 14.7 Å². The van der Waals surface area contributed by atoms with Crippen molar-refractivity contribution in [2.24, 2.45) is 11.7 Å². The molecule has 3 rings (SSSR count). The number of carbonyl (C=O) groups is 4. The molecule has 2 heterocycles. The predicted molar refractivity (Wildman–Crippen MR) is 80.0 cm³/mol. The van der Waals surface area contributed by atoms with E-state index >= 15 is 0 Å². The molecule has 0 aromatic rings. The summed E-state index contributed by atoms with van der Waals surface area (Å²) in [5.41, 5.74) is 5.09. The van der Waals surface area contributed by atoms with E-state index in [0.29, 0.717) is 13.1 Å². The summed E-state index contributed by atoms with van der Waals surface area (Å²) in [7, 11) is 0. The van der Waals surface area contributed by atoms with Gasteiger partial charge in [0.1, 0.15) is 12.6 Å². The molecule has 8 nitrogen and oxygen atoms in total. The Labute approximate surface area is 134 Å². The molecular formula is C15H22N4O4. The molecule has 2 N–H and O–H groups in total. The number of nitrogens with zero attached hydrogens (tertiary/aromatic N) is 3. The van der Waals surface area contributed by atoms with E-state index in [2.05, 4.69) is 0 Å². The molecular weight excluding hydrogens is 300 g/mol. The quantitative estimate of drug-likeness (QED) is 0.709. The van der Waals surface area contributed by atoms with Gasteiger partial charge in [0.15, 0.2) is 0 Å². The Kier molecular flexibility index (Phi) is 4.23. The number of primary amides is 1. The average Bonchev–Trinajstić information content (AvgIpc) is 2.79. The van der Waals surface area contributed by atoms with E-state index in [-0.39, 0.29) is 18.4 Å². The minimum Gasteiger partial charge on any atom is -0.368 e. The molecule has 3 aliphatic rings. The van der Waals surface area contributed by atoms with Crippen molar-refractivity contribution < 1.29 is 19.2 Å². The number of urea groups is 1. The van der Waals surface area contributed by atoms with Crippen molar-refractivity contribution in [3.63, 3.8) is 0 Å². The highest BCUT2D eigenvalue weighted by Gasteiger charge is 2.49. The lowest BCUT2D eigenvalue weighted by Crippen LogP contribution is -2.55. The second kappa shape index (κ2) is 6.17. The van der Waals surface area contributed by atoms with Gasteiger partial charge in [0.25, 0.3) is 5.91 Å². The molecule has 0 radical (unpaired) electrons. The second-order valence-electron chi connectivity index (χ2n) is 6.50. The Balaban J connectivity index is 1.68. The summed E-state index contributed by atoms with van der Waals surface area (Å²) in [6, 6.07) is -1.16. The monoisotopic (exact) mass is 322 g/mol. The third kappa shape index (κ3) is 2.89. The molecule has 126 valence electrons. The number of hydrogen-bond donors (Lipinski definition) is 1. The maximum atomic E-state index is 12.6. The van der Waals surface area contributed by atoms with E-state index in [1.807, 2.05) is 0 Å². The van der Waals surface area contributed by atoms with Crippen LogP contribution in [0.3, 0.4) is 0 Å². The van der Waals surface area contributed by atoms with Crippen LogP contribution in [-0.2, 0) is 14.4 Å². The fourth-order valence-electron chi connectivity index (χ4n) is 3.76. The zero-order valence-electron chi connectivity index (χ0n) is 13.1. The van der Waals surface area contributed by atoms with Gasteiger partial charge in [-0.1, -0.05) is 19.3 Å². The first kappa shape index (κ1) is 15.8. The van der Waals surface area contributed by atoms with Crippen LogP contribution in [0.4, 0.5) is 4.79 Å². The van der Waals surface area contributed by atoms with Gasteiger partial charge in [0, 0.05) is 19.0 Å². The van der Waals surface area contributed by atoms with E-state index < -0.39 is 30.4 Å². The van der Waals surface area contributed by atoms with Gasteiger partial charge >= 0.3 is 6.03 Å². The van der Waals surface area contributed by atoms with Gasteiger partial charge in [-0.15, -0.1) is 0 Å². The maximum absolute atomic E-state index is 12.6. The van der Waals surface area contributed by atoms with Crippen LogP contribution in [-0.4, -0.2) is 70.7 Å².